The molecule has 0 unspecified atom stereocenters. The Kier molecular flexibility index (Phi) is 9.62. The number of rotatable bonds is 9. The van der Waals surface area contributed by atoms with Crippen LogP contribution < -0.4 is 16.4 Å². The van der Waals surface area contributed by atoms with E-state index >= 15 is 0 Å². The number of nitrogens with one attached hydrogen (secondary N) is 2. The van der Waals surface area contributed by atoms with Gasteiger partial charge >= 0.3 is 0 Å². The first-order valence-corrected chi connectivity index (χ1v) is 9.60. The van der Waals surface area contributed by atoms with E-state index in [1.54, 1.807) is 0 Å². The zero-order chi connectivity index (χ0) is 18.2. The summed E-state index contributed by atoms with van der Waals surface area (Å²) in [6.07, 6.45) is 2.34. The SMILES string of the molecule is CC(C)C[C@H](NC(=O)c1cc2ccccc2s1)C(=O)NCCCCN.Cl. The first-order valence-electron chi connectivity index (χ1n) is 8.78. The van der Waals surface area contributed by atoms with Crippen LogP contribution in [0.25, 0.3) is 10.1 Å². The van der Waals surface area contributed by atoms with Gasteiger partial charge < -0.3 is 16.4 Å². The van der Waals surface area contributed by atoms with E-state index in [-0.39, 0.29) is 24.2 Å². The smallest absolute Gasteiger partial charge is 0.262 e. The van der Waals surface area contributed by atoms with Crippen molar-refractivity contribution in [2.45, 2.75) is 39.2 Å². The Labute approximate surface area is 165 Å². The summed E-state index contributed by atoms with van der Waals surface area (Å²) < 4.78 is 1.07. The molecule has 144 valence electrons. The lowest BCUT2D eigenvalue weighted by Gasteiger charge is -2.20. The number of carbonyl (C=O) groups excluding carboxylic acids is 2. The monoisotopic (exact) mass is 397 g/mol. The molecular weight excluding hydrogens is 370 g/mol. The Bertz CT molecular complexity index is 685. The maximum Gasteiger partial charge on any atom is 0.262 e. The number of nitrogens with two attached hydrogens (primary N) is 1. The maximum atomic E-state index is 12.6. The summed E-state index contributed by atoms with van der Waals surface area (Å²) in [6, 6.07) is 9.24. The van der Waals surface area contributed by atoms with E-state index in [1.807, 2.05) is 44.2 Å². The Morgan fingerprint density at radius 1 is 1.19 bits per heavy atom. The number of unbranched alkanes of at least 4 members (excludes halogenated alkanes) is 1. The molecule has 0 spiro atoms. The summed E-state index contributed by atoms with van der Waals surface area (Å²) in [5.41, 5.74) is 5.46. The van der Waals surface area contributed by atoms with Gasteiger partial charge in [-0.2, -0.15) is 0 Å². The first kappa shape index (κ1) is 22.4. The summed E-state index contributed by atoms with van der Waals surface area (Å²) in [5.74, 6) is -0.00774. The number of fused-ring (bicyclic) bond motifs is 1. The van der Waals surface area contributed by atoms with Gasteiger partial charge in [-0.05, 0) is 49.2 Å². The van der Waals surface area contributed by atoms with Gasteiger partial charge in [-0.1, -0.05) is 32.0 Å². The molecule has 4 N–H and O–H groups in total. The van der Waals surface area contributed by atoms with Gasteiger partial charge in [0.2, 0.25) is 5.91 Å². The van der Waals surface area contributed by atoms with E-state index in [0.717, 1.165) is 22.9 Å². The third kappa shape index (κ3) is 6.59. The van der Waals surface area contributed by atoms with Gasteiger partial charge in [-0.25, -0.2) is 0 Å². The zero-order valence-corrected chi connectivity index (χ0v) is 16.9. The third-order valence-corrected chi connectivity index (χ3v) is 5.02. The zero-order valence-electron chi connectivity index (χ0n) is 15.3. The lowest BCUT2D eigenvalue weighted by Crippen LogP contribution is -2.47. The molecule has 1 aromatic carbocycles. The largest absolute Gasteiger partial charge is 0.354 e. The molecule has 0 aliphatic rings. The molecular formula is C19H28ClN3O2S. The second kappa shape index (κ2) is 11.2. The van der Waals surface area contributed by atoms with Gasteiger partial charge in [-0.3, -0.25) is 9.59 Å². The Morgan fingerprint density at radius 2 is 1.92 bits per heavy atom. The number of thiophene rings is 1. The normalized spacial score (nSPS) is 11.8. The molecule has 2 aromatic rings. The Balaban J connectivity index is 0.00000338. The van der Waals surface area contributed by atoms with Crippen molar-refractivity contribution < 1.29 is 9.59 Å². The maximum absolute atomic E-state index is 12.6. The van der Waals surface area contributed by atoms with Crippen LogP contribution in [0.3, 0.4) is 0 Å². The van der Waals surface area contributed by atoms with Crippen molar-refractivity contribution in [2.24, 2.45) is 11.7 Å². The van der Waals surface area contributed by atoms with Crippen LogP contribution in [0.5, 0.6) is 0 Å². The molecule has 0 bridgehead atoms. The van der Waals surface area contributed by atoms with E-state index in [0.29, 0.717) is 30.3 Å². The van der Waals surface area contributed by atoms with Gasteiger partial charge in [-0.15, -0.1) is 23.7 Å². The number of amides is 2. The van der Waals surface area contributed by atoms with Gasteiger partial charge in [0.15, 0.2) is 0 Å². The molecule has 0 radical (unpaired) electrons. The standard InChI is InChI=1S/C19H27N3O2S.ClH/c1-13(2)11-15(18(23)21-10-6-5-9-20)22-19(24)17-12-14-7-3-4-8-16(14)25-17;/h3-4,7-8,12-13,15H,5-6,9-11,20H2,1-2H3,(H,21,23)(H,22,24);1H/t15-;/m0./s1. The van der Waals surface area contributed by atoms with Crippen LogP contribution in [-0.2, 0) is 4.79 Å². The highest BCUT2D eigenvalue weighted by Crippen LogP contribution is 2.25. The van der Waals surface area contributed by atoms with Crippen LogP contribution >= 0.6 is 23.7 Å². The number of carbonyl (C=O) groups is 2. The summed E-state index contributed by atoms with van der Waals surface area (Å²) in [5, 5.41) is 6.85. The third-order valence-electron chi connectivity index (χ3n) is 3.91. The predicted octanol–water partition coefficient (Wildman–Crippen LogP) is 3.32. The minimum Gasteiger partial charge on any atom is -0.354 e. The van der Waals surface area contributed by atoms with Gasteiger partial charge in [0.25, 0.3) is 5.91 Å². The molecule has 2 amide bonds. The van der Waals surface area contributed by atoms with E-state index in [1.165, 1.54) is 11.3 Å². The average Bonchev–Trinajstić information content (AvgIpc) is 3.01. The molecule has 0 saturated heterocycles. The van der Waals surface area contributed by atoms with Gasteiger partial charge in [0, 0.05) is 11.2 Å². The summed E-state index contributed by atoms with van der Waals surface area (Å²) in [7, 11) is 0. The first-order chi connectivity index (χ1) is 12.0. The lowest BCUT2D eigenvalue weighted by molar-refractivity contribution is -0.123. The number of halogens is 1. The number of hydrogen-bond donors (Lipinski definition) is 3. The second-order valence-electron chi connectivity index (χ2n) is 6.59. The topological polar surface area (TPSA) is 84.2 Å². The van der Waals surface area contributed by atoms with Crippen molar-refractivity contribution in [1.29, 1.82) is 0 Å². The fraction of sp³-hybridized carbons (Fsp3) is 0.474. The molecule has 7 heteroatoms. The highest BCUT2D eigenvalue weighted by molar-refractivity contribution is 7.20. The molecule has 1 heterocycles. The van der Waals surface area contributed by atoms with E-state index < -0.39 is 6.04 Å². The van der Waals surface area contributed by atoms with Crippen molar-refractivity contribution in [3.8, 4) is 0 Å². The molecule has 5 nitrogen and oxygen atoms in total. The van der Waals surface area contributed by atoms with Crippen molar-refractivity contribution in [1.82, 2.24) is 10.6 Å². The summed E-state index contributed by atoms with van der Waals surface area (Å²) in [4.78, 5) is 25.6. The molecule has 0 fully saturated rings. The van der Waals surface area contributed by atoms with Crippen LogP contribution in [0.4, 0.5) is 0 Å². The van der Waals surface area contributed by atoms with Gasteiger partial charge in [0.1, 0.15) is 6.04 Å². The van der Waals surface area contributed by atoms with Crippen molar-refractivity contribution in [3.63, 3.8) is 0 Å². The predicted molar refractivity (Wildman–Crippen MR) is 111 cm³/mol. The van der Waals surface area contributed by atoms with Crippen molar-refractivity contribution in [2.75, 3.05) is 13.1 Å². The molecule has 0 aliphatic carbocycles. The molecule has 1 aromatic heterocycles. The minimum absolute atomic E-state index is 0. The van der Waals surface area contributed by atoms with Gasteiger partial charge in [0.05, 0.1) is 4.88 Å². The van der Waals surface area contributed by atoms with Crippen LogP contribution in [-0.4, -0.2) is 30.9 Å². The highest BCUT2D eigenvalue weighted by Gasteiger charge is 2.23. The summed E-state index contributed by atoms with van der Waals surface area (Å²) >= 11 is 1.44. The fourth-order valence-electron chi connectivity index (χ4n) is 2.63. The van der Waals surface area contributed by atoms with E-state index in [9.17, 15) is 9.59 Å². The fourth-order valence-corrected chi connectivity index (χ4v) is 3.60. The molecule has 0 aliphatic heterocycles. The van der Waals surface area contributed by atoms with E-state index in [2.05, 4.69) is 10.6 Å². The minimum atomic E-state index is -0.518. The molecule has 0 saturated carbocycles. The molecule has 26 heavy (non-hydrogen) atoms. The van der Waals surface area contributed by atoms with Crippen molar-refractivity contribution >= 4 is 45.6 Å². The molecule has 1 atom stereocenters. The lowest BCUT2D eigenvalue weighted by atomic mass is 10.0. The summed E-state index contributed by atoms with van der Waals surface area (Å²) in [6.45, 7) is 5.29. The van der Waals surface area contributed by atoms with Crippen LogP contribution in [0.15, 0.2) is 30.3 Å². The van der Waals surface area contributed by atoms with Crippen LogP contribution in [0.2, 0.25) is 0 Å². The molecule has 2 rings (SSSR count). The van der Waals surface area contributed by atoms with E-state index in [4.69, 9.17) is 5.73 Å². The highest BCUT2D eigenvalue weighted by atomic mass is 35.5. The number of benzene rings is 1. The van der Waals surface area contributed by atoms with Crippen LogP contribution in [0.1, 0.15) is 42.8 Å². The Morgan fingerprint density at radius 3 is 2.58 bits per heavy atom. The van der Waals surface area contributed by atoms with Crippen molar-refractivity contribution in [3.05, 3.63) is 35.2 Å². The second-order valence-corrected chi connectivity index (χ2v) is 7.67. The number of hydrogen-bond acceptors (Lipinski definition) is 4. The quantitative estimate of drug-likeness (QED) is 0.567. The van der Waals surface area contributed by atoms with Crippen LogP contribution in [0, 0.1) is 5.92 Å². The Hall–Kier alpha value is -1.63. The average molecular weight is 398 g/mol.